The molecule has 1 saturated heterocycles. The molecule has 2 heterocycles. The molecular formula is C21H22N2O2. The molecule has 2 aromatic carbocycles. The van der Waals surface area contributed by atoms with Gasteiger partial charge in [-0.2, -0.15) is 0 Å². The highest BCUT2D eigenvalue weighted by atomic mass is 16.5. The van der Waals surface area contributed by atoms with Crippen LogP contribution >= 0.6 is 0 Å². The van der Waals surface area contributed by atoms with Crippen molar-refractivity contribution >= 4 is 10.9 Å². The molecule has 0 unspecified atom stereocenters. The van der Waals surface area contributed by atoms with E-state index in [9.17, 15) is 0 Å². The van der Waals surface area contributed by atoms with Crippen molar-refractivity contribution in [3.8, 4) is 5.75 Å². The van der Waals surface area contributed by atoms with E-state index in [4.69, 9.17) is 9.47 Å². The van der Waals surface area contributed by atoms with E-state index in [1.165, 1.54) is 5.56 Å². The number of hydrogen-bond donors (Lipinski definition) is 0. The van der Waals surface area contributed by atoms with Gasteiger partial charge in [-0.3, -0.25) is 9.88 Å². The SMILES string of the molecule is c1ccc(CN2CCO[C@@H](COc3cccc4cccnc34)C2)cc1. The third-order valence-corrected chi connectivity index (χ3v) is 4.49. The summed E-state index contributed by atoms with van der Waals surface area (Å²) >= 11 is 0. The van der Waals surface area contributed by atoms with Gasteiger partial charge in [0.1, 0.15) is 24.0 Å². The maximum atomic E-state index is 6.04. The molecule has 4 nitrogen and oxygen atoms in total. The summed E-state index contributed by atoms with van der Waals surface area (Å²) in [5.41, 5.74) is 2.24. The Hall–Kier alpha value is -2.43. The first kappa shape index (κ1) is 16.1. The Bertz CT molecular complexity index is 817. The van der Waals surface area contributed by atoms with Crippen LogP contribution in [0.4, 0.5) is 0 Å². The molecule has 1 fully saturated rings. The fourth-order valence-corrected chi connectivity index (χ4v) is 3.24. The standard InChI is InChI=1S/C21H22N2O2/c1-2-6-17(7-3-1)14-23-12-13-24-19(15-23)16-25-20-10-4-8-18-9-5-11-22-21(18)20/h1-11,19H,12-16H2/t19-/m1/s1. The number of hydrogen-bond acceptors (Lipinski definition) is 4. The molecule has 0 N–H and O–H groups in total. The highest BCUT2D eigenvalue weighted by Gasteiger charge is 2.21. The van der Waals surface area contributed by atoms with Crippen molar-refractivity contribution in [3.05, 3.63) is 72.4 Å². The minimum Gasteiger partial charge on any atom is -0.489 e. The number of nitrogens with zero attached hydrogens (tertiary/aromatic N) is 2. The summed E-state index contributed by atoms with van der Waals surface area (Å²) in [5, 5.41) is 1.09. The topological polar surface area (TPSA) is 34.6 Å². The first-order valence-corrected chi connectivity index (χ1v) is 8.73. The summed E-state index contributed by atoms with van der Waals surface area (Å²) in [6, 6.07) is 20.6. The molecule has 1 aliphatic rings. The number of para-hydroxylation sites is 1. The lowest BCUT2D eigenvalue weighted by Crippen LogP contribution is -2.44. The summed E-state index contributed by atoms with van der Waals surface area (Å²) in [7, 11) is 0. The second kappa shape index (κ2) is 7.64. The summed E-state index contributed by atoms with van der Waals surface area (Å²) in [6.07, 6.45) is 1.88. The molecule has 0 amide bonds. The second-order valence-corrected chi connectivity index (χ2v) is 6.36. The summed E-state index contributed by atoms with van der Waals surface area (Å²) in [6.45, 7) is 4.08. The number of rotatable bonds is 5. The summed E-state index contributed by atoms with van der Waals surface area (Å²) in [5.74, 6) is 0.821. The number of benzene rings is 2. The van der Waals surface area contributed by atoms with Crippen LogP contribution in [-0.2, 0) is 11.3 Å². The maximum absolute atomic E-state index is 6.04. The first-order valence-electron chi connectivity index (χ1n) is 8.73. The number of morpholine rings is 1. The smallest absolute Gasteiger partial charge is 0.145 e. The van der Waals surface area contributed by atoms with Crippen molar-refractivity contribution in [3.63, 3.8) is 0 Å². The monoisotopic (exact) mass is 334 g/mol. The maximum Gasteiger partial charge on any atom is 0.145 e. The molecule has 128 valence electrons. The van der Waals surface area contributed by atoms with Gasteiger partial charge < -0.3 is 9.47 Å². The molecule has 0 bridgehead atoms. The van der Waals surface area contributed by atoms with E-state index in [0.29, 0.717) is 6.61 Å². The molecule has 1 aromatic heterocycles. The van der Waals surface area contributed by atoms with Crippen LogP contribution in [0.2, 0.25) is 0 Å². The van der Waals surface area contributed by atoms with E-state index in [2.05, 4.69) is 40.2 Å². The zero-order valence-electron chi connectivity index (χ0n) is 14.2. The predicted octanol–water partition coefficient (Wildman–Crippen LogP) is 3.51. The van der Waals surface area contributed by atoms with Crippen molar-refractivity contribution in [2.24, 2.45) is 0 Å². The van der Waals surface area contributed by atoms with Crippen LogP contribution in [0.3, 0.4) is 0 Å². The van der Waals surface area contributed by atoms with E-state index in [-0.39, 0.29) is 6.10 Å². The Morgan fingerprint density at radius 3 is 2.84 bits per heavy atom. The zero-order valence-corrected chi connectivity index (χ0v) is 14.2. The minimum absolute atomic E-state index is 0.0800. The van der Waals surface area contributed by atoms with Crippen LogP contribution in [-0.4, -0.2) is 42.3 Å². The Morgan fingerprint density at radius 2 is 1.92 bits per heavy atom. The molecule has 1 aliphatic heterocycles. The normalized spacial score (nSPS) is 18.3. The average molecular weight is 334 g/mol. The lowest BCUT2D eigenvalue weighted by atomic mass is 10.2. The molecule has 1 atom stereocenters. The van der Waals surface area contributed by atoms with Gasteiger partial charge in [0.05, 0.1) is 6.61 Å². The molecule has 3 aromatic rings. The third-order valence-electron chi connectivity index (χ3n) is 4.49. The van der Waals surface area contributed by atoms with Crippen molar-refractivity contribution in [2.45, 2.75) is 12.6 Å². The fraction of sp³-hybridized carbons (Fsp3) is 0.286. The lowest BCUT2D eigenvalue weighted by Gasteiger charge is -2.32. The second-order valence-electron chi connectivity index (χ2n) is 6.36. The fourth-order valence-electron chi connectivity index (χ4n) is 3.24. The van der Waals surface area contributed by atoms with Crippen LogP contribution in [0.25, 0.3) is 10.9 Å². The van der Waals surface area contributed by atoms with Gasteiger partial charge in [-0.05, 0) is 17.7 Å². The van der Waals surface area contributed by atoms with Gasteiger partial charge in [0, 0.05) is 31.2 Å². The molecule has 4 rings (SSSR count). The van der Waals surface area contributed by atoms with Gasteiger partial charge in [-0.1, -0.05) is 48.5 Å². The molecular weight excluding hydrogens is 312 g/mol. The van der Waals surface area contributed by atoms with Crippen molar-refractivity contribution in [1.29, 1.82) is 0 Å². The van der Waals surface area contributed by atoms with E-state index in [1.807, 2.05) is 30.3 Å². The highest BCUT2D eigenvalue weighted by Crippen LogP contribution is 2.23. The molecule has 0 spiro atoms. The summed E-state index contributed by atoms with van der Waals surface area (Å²) in [4.78, 5) is 6.86. The molecule has 0 radical (unpaired) electrons. The van der Waals surface area contributed by atoms with E-state index in [0.717, 1.165) is 42.9 Å². The third kappa shape index (κ3) is 3.98. The molecule has 0 aliphatic carbocycles. The van der Waals surface area contributed by atoms with Crippen LogP contribution in [0.1, 0.15) is 5.56 Å². The molecule has 25 heavy (non-hydrogen) atoms. The van der Waals surface area contributed by atoms with E-state index >= 15 is 0 Å². The van der Waals surface area contributed by atoms with Gasteiger partial charge in [-0.15, -0.1) is 0 Å². The van der Waals surface area contributed by atoms with Crippen molar-refractivity contribution < 1.29 is 9.47 Å². The van der Waals surface area contributed by atoms with Gasteiger partial charge >= 0.3 is 0 Å². The van der Waals surface area contributed by atoms with E-state index < -0.39 is 0 Å². The highest BCUT2D eigenvalue weighted by molar-refractivity contribution is 5.84. The van der Waals surface area contributed by atoms with Crippen molar-refractivity contribution in [1.82, 2.24) is 9.88 Å². The average Bonchev–Trinajstić information content (AvgIpc) is 2.67. The van der Waals surface area contributed by atoms with Gasteiger partial charge in [0.2, 0.25) is 0 Å². The lowest BCUT2D eigenvalue weighted by molar-refractivity contribution is -0.0502. The Balaban J connectivity index is 1.37. The van der Waals surface area contributed by atoms with E-state index in [1.54, 1.807) is 6.20 Å². The number of aromatic nitrogens is 1. The van der Waals surface area contributed by atoms with Crippen molar-refractivity contribution in [2.75, 3.05) is 26.3 Å². The quantitative estimate of drug-likeness (QED) is 0.715. The minimum atomic E-state index is 0.0800. The first-order chi connectivity index (χ1) is 12.4. The van der Waals surface area contributed by atoms with Gasteiger partial charge in [0.15, 0.2) is 0 Å². The Morgan fingerprint density at radius 1 is 1.04 bits per heavy atom. The Kier molecular flexibility index (Phi) is 4.91. The Labute approximate surface area is 148 Å². The van der Waals surface area contributed by atoms with Crippen LogP contribution < -0.4 is 4.74 Å². The number of ether oxygens (including phenoxy) is 2. The van der Waals surface area contributed by atoms with Crippen LogP contribution in [0, 0.1) is 0 Å². The van der Waals surface area contributed by atoms with Gasteiger partial charge in [0.25, 0.3) is 0 Å². The molecule has 4 heteroatoms. The molecule has 0 saturated carbocycles. The van der Waals surface area contributed by atoms with Crippen LogP contribution in [0.15, 0.2) is 66.9 Å². The predicted molar refractivity (Wildman–Crippen MR) is 98.7 cm³/mol. The largest absolute Gasteiger partial charge is 0.489 e. The summed E-state index contributed by atoms with van der Waals surface area (Å²) < 4.78 is 11.9. The zero-order chi connectivity index (χ0) is 16.9. The van der Waals surface area contributed by atoms with Crippen LogP contribution in [0.5, 0.6) is 5.75 Å². The number of pyridine rings is 1. The van der Waals surface area contributed by atoms with Gasteiger partial charge in [-0.25, -0.2) is 0 Å². The number of fused-ring (bicyclic) bond motifs is 1.